The number of carbonyl (C=O) groups is 3. The Morgan fingerprint density at radius 3 is 2.72 bits per heavy atom. The normalized spacial score (nSPS) is 21.0. The average Bonchev–Trinajstić information content (AvgIpc) is 2.63. The SMILES string of the molecule is CCC1C(=O)NCCN1C(=O)C1=NN(Cc2ccccc2)C(=O)CC1. The van der Waals surface area contributed by atoms with E-state index in [0.717, 1.165) is 5.56 Å². The summed E-state index contributed by atoms with van der Waals surface area (Å²) in [6.07, 6.45) is 1.13. The third kappa shape index (κ3) is 3.70. The molecule has 0 saturated carbocycles. The minimum Gasteiger partial charge on any atom is -0.353 e. The summed E-state index contributed by atoms with van der Waals surface area (Å²) in [7, 11) is 0. The van der Waals surface area contributed by atoms with E-state index >= 15 is 0 Å². The second-order valence-corrected chi connectivity index (χ2v) is 6.20. The number of benzene rings is 1. The molecule has 0 radical (unpaired) electrons. The van der Waals surface area contributed by atoms with Gasteiger partial charge in [0.05, 0.1) is 6.54 Å². The highest BCUT2D eigenvalue weighted by molar-refractivity contribution is 6.39. The Hall–Kier alpha value is -2.70. The third-order valence-electron chi connectivity index (χ3n) is 4.51. The van der Waals surface area contributed by atoms with Gasteiger partial charge in [-0.2, -0.15) is 5.10 Å². The lowest BCUT2D eigenvalue weighted by Gasteiger charge is -2.35. The van der Waals surface area contributed by atoms with Crippen LogP contribution in [0.3, 0.4) is 0 Å². The molecule has 1 unspecified atom stereocenters. The van der Waals surface area contributed by atoms with Gasteiger partial charge in [-0.3, -0.25) is 14.4 Å². The molecule has 0 aromatic heterocycles. The number of nitrogens with zero attached hydrogens (tertiary/aromatic N) is 3. The zero-order chi connectivity index (χ0) is 17.8. The van der Waals surface area contributed by atoms with Crippen LogP contribution in [0, 0.1) is 0 Å². The van der Waals surface area contributed by atoms with Gasteiger partial charge in [0.15, 0.2) is 0 Å². The first kappa shape index (κ1) is 17.1. The van der Waals surface area contributed by atoms with Gasteiger partial charge in [0.1, 0.15) is 11.8 Å². The molecule has 2 aliphatic heterocycles. The molecule has 2 aliphatic rings. The van der Waals surface area contributed by atoms with Crippen molar-refractivity contribution < 1.29 is 14.4 Å². The van der Waals surface area contributed by atoms with Crippen molar-refractivity contribution in [3.63, 3.8) is 0 Å². The largest absolute Gasteiger partial charge is 0.353 e. The van der Waals surface area contributed by atoms with E-state index in [4.69, 9.17) is 0 Å². The number of amides is 3. The molecular weight excluding hydrogens is 320 g/mol. The topological polar surface area (TPSA) is 82.1 Å². The van der Waals surface area contributed by atoms with Crippen LogP contribution in [0.5, 0.6) is 0 Å². The first-order chi connectivity index (χ1) is 12.1. The van der Waals surface area contributed by atoms with E-state index in [-0.39, 0.29) is 24.1 Å². The third-order valence-corrected chi connectivity index (χ3v) is 4.51. The summed E-state index contributed by atoms with van der Waals surface area (Å²) in [5, 5.41) is 8.44. The molecule has 1 N–H and O–H groups in total. The molecule has 0 bridgehead atoms. The molecule has 1 fully saturated rings. The minimum atomic E-state index is -0.468. The average molecular weight is 342 g/mol. The van der Waals surface area contributed by atoms with E-state index in [1.54, 1.807) is 4.90 Å². The zero-order valence-electron chi connectivity index (χ0n) is 14.3. The molecule has 7 nitrogen and oxygen atoms in total. The molecule has 3 rings (SSSR count). The molecule has 2 heterocycles. The molecule has 1 saturated heterocycles. The fourth-order valence-corrected chi connectivity index (χ4v) is 3.16. The molecule has 1 atom stereocenters. The zero-order valence-corrected chi connectivity index (χ0v) is 14.3. The van der Waals surface area contributed by atoms with Crippen LogP contribution in [0.15, 0.2) is 35.4 Å². The Labute approximate surface area is 146 Å². The van der Waals surface area contributed by atoms with Crippen LogP contribution in [-0.2, 0) is 20.9 Å². The summed E-state index contributed by atoms with van der Waals surface area (Å²) in [4.78, 5) is 38.5. The summed E-state index contributed by atoms with van der Waals surface area (Å²) in [5.41, 5.74) is 1.31. The van der Waals surface area contributed by atoms with E-state index in [1.165, 1.54) is 5.01 Å². The van der Waals surface area contributed by atoms with E-state index in [9.17, 15) is 14.4 Å². The predicted octanol–water partition coefficient (Wildman–Crippen LogP) is 0.902. The summed E-state index contributed by atoms with van der Waals surface area (Å²) >= 11 is 0. The lowest BCUT2D eigenvalue weighted by molar-refractivity contribution is -0.139. The number of hydrogen-bond acceptors (Lipinski definition) is 4. The van der Waals surface area contributed by atoms with Gasteiger partial charge >= 0.3 is 0 Å². The van der Waals surface area contributed by atoms with Crippen molar-refractivity contribution in [1.29, 1.82) is 0 Å². The van der Waals surface area contributed by atoms with E-state index in [2.05, 4.69) is 10.4 Å². The van der Waals surface area contributed by atoms with Crippen molar-refractivity contribution in [3.05, 3.63) is 35.9 Å². The van der Waals surface area contributed by atoms with E-state index < -0.39 is 6.04 Å². The predicted molar refractivity (Wildman–Crippen MR) is 92.5 cm³/mol. The first-order valence-corrected chi connectivity index (χ1v) is 8.60. The van der Waals surface area contributed by atoms with Gasteiger partial charge in [0.2, 0.25) is 11.8 Å². The maximum Gasteiger partial charge on any atom is 0.270 e. The monoisotopic (exact) mass is 342 g/mol. The Kier molecular flexibility index (Phi) is 5.11. The molecule has 0 spiro atoms. The van der Waals surface area contributed by atoms with Crippen molar-refractivity contribution in [1.82, 2.24) is 15.2 Å². The van der Waals surface area contributed by atoms with E-state index in [0.29, 0.717) is 38.2 Å². The molecule has 3 amide bonds. The minimum absolute atomic E-state index is 0.0937. The van der Waals surface area contributed by atoms with Gasteiger partial charge in [-0.1, -0.05) is 37.3 Å². The van der Waals surface area contributed by atoms with Crippen molar-refractivity contribution in [2.45, 2.75) is 38.8 Å². The van der Waals surface area contributed by atoms with Gasteiger partial charge in [0.25, 0.3) is 5.91 Å². The Balaban J connectivity index is 1.78. The fourth-order valence-electron chi connectivity index (χ4n) is 3.16. The van der Waals surface area contributed by atoms with Gasteiger partial charge < -0.3 is 10.2 Å². The number of piperazine rings is 1. The maximum atomic E-state index is 12.8. The van der Waals surface area contributed by atoms with Gasteiger partial charge in [-0.15, -0.1) is 0 Å². The Bertz CT molecular complexity index is 702. The molecule has 7 heteroatoms. The van der Waals surface area contributed by atoms with E-state index in [1.807, 2.05) is 37.3 Å². The number of hydrogen-bond donors (Lipinski definition) is 1. The lowest BCUT2D eigenvalue weighted by atomic mass is 10.1. The second kappa shape index (κ2) is 7.46. The fraction of sp³-hybridized carbons (Fsp3) is 0.444. The highest BCUT2D eigenvalue weighted by Gasteiger charge is 2.35. The Morgan fingerprint density at radius 2 is 2.00 bits per heavy atom. The van der Waals surface area contributed by atoms with Gasteiger partial charge in [-0.05, 0) is 12.0 Å². The molecule has 0 aliphatic carbocycles. The standard InChI is InChI=1S/C18H22N4O3/c1-2-15-17(24)19-10-11-21(15)18(25)14-8-9-16(23)22(20-14)12-13-6-4-3-5-7-13/h3-7,15H,2,8-12H2,1H3,(H,19,24). The van der Waals surface area contributed by atoms with Gasteiger partial charge in [-0.25, -0.2) is 5.01 Å². The first-order valence-electron chi connectivity index (χ1n) is 8.60. The van der Waals surface area contributed by atoms with Crippen molar-refractivity contribution in [3.8, 4) is 0 Å². The number of nitrogens with one attached hydrogen (secondary N) is 1. The summed E-state index contributed by atoms with van der Waals surface area (Å²) in [6.45, 7) is 3.13. The maximum absolute atomic E-state index is 12.8. The number of carbonyl (C=O) groups excluding carboxylic acids is 3. The summed E-state index contributed by atoms with van der Waals surface area (Å²) < 4.78 is 0. The van der Waals surface area contributed by atoms with Crippen LogP contribution in [0.2, 0.25) is 0 Å². The van der Waals surface area contributed by atoms with Gasteiger partial charge in [0, 0.05) is 25.9 Å². The lowest BCUT2D eigenvalue weighted by Crippen LogP contribution is -2.58. The van der Waals surface area contributed by atoms with Crippen LogP contribution < -0.4 is 5.32 Å². The van der Waals surface area contributed by atoms with Crippen LogP contribution in [-0.4, -0.2) is 52.5 Å². The van der Waals surface area contributed by atoms with Crippen molar-refractivity contribution in [2.75, 3.05) is 13.1 Å². The molecule has 1 aromatic rings. The number of rotatable bonds is 4. The molecule has 132 valence electrons. The second-order valence-electron chi connectivity index (χ2n) is 6.20. The summed E-state index contributed by atoms with van der Waals surface area (Å²) in [6, 6.07) is 9.08. The molecule has 1 aromatic carbocycles. The highest BCUT2D eigenvalue weighted by atomic mass is 16.2. The molecule has 25 heavy (non-hydrogen) atoms. The van der Waals surface area contributed by atoms with Crippen LogP contribution in [0.4, 0.5) is 0 Å². The van der Waals surface area contributed by atoms with Crippen LogP contribution in [0.25, 0.3) is 0 Å². The van der Waals surface area contributed by atoms with Crippen LogP contribution >= 0.6 is 0 Å². The number of hydrazone groups is 1. The highest BCUT2D eigenvalue weighted by Crippen LogP contribution is 2.17. The molecular formula is C18H22N4O3. The quantitative estimate of drug-likeness (QED) is 0.883. The summed E-state index contributed by atoms with van der Waals surface area (Å²) in [5.74, 6) is -0.466. The van der Waals surface area contributed by atoms with Crippen molar-refractivity contribution >= 4 is 23.4 Å². The Morgan fingerprint density at radius 1 is 1.24 bits per heavy atom. The van der Waals surface area contributed by atoms with Crippen molar-refractivity contribution in [2.24, 2.45) is 5.10 Å². The van der Waals surface area contributed by atoms with Crippen LogP contribution in [0.1, 0.15) is 31.7 Å². The smallest absolute Gasteiger partial charge is 0.270 e.